The maximum atomic E-state index is 11.9. The topological polar surface area (TPSA) is 61.4 Å². The molecule has 0 aliphatic carbocycles. The summed E-state index contributed by atoms with van der Waals surface area (Å²) in [7, 11) is 0. The van der Waals surface area contributed by atoms with Crippen molar-refractivity contribution in [2.45, 2.75) is 46.6 Å². The van der Waals surface area contributed by atoms with Gasteiger partial charge in [0.2, 0.25) is 0 Å². The Labute approximate surface area is 128 Å². The average molecular weight is 292 g/mol. The molecule has 0 bridgehead atoms. The van der Waals surface area contributed by atoms with Gasteiger partial charge >= 0.3 is 6.03 Å². The van der Waals surface area contributed by atoms with Gasteiger partial charge in [0.1, 0.15) is 0 Å². The molecule has 1 aromatic carbocycles. The maximum absolute atomic E-state index is 11.9. The fourth-order valence-corrected chi connectivity index (χ4v) is 2.08. The molecule has 1 atom stereocenters. The highest BCUT2D eigenvalue weighted by Crippen LogP contribution is 2.18. The SMILES string of the molecule is CCc1ccc(C(C)NC(=O)NCC(C)(C)CCO)cc1. The highest BCUT2D eigenvalue weighted by molar-refractivity contribution is 5.74. The summed E-state index contributed by atoms with van der Waals surface area (Å²) in [5.41, 5.74) is 2.29. The Balaban J connectivity index is 2.46. The first-order chi connectivity index (χ1) is 9.88. The Morgan fingerprint density at radius 2 is 1.90 bits per heavy atom. The number of benzene rings is 1. The molecular formula is C17H28N2O2. The van der Waals surface area contributed by atoms with Crippen molar-refractivity contribution in [3.05, 3.63) is 35.4 Å². The van der Waals surface area contributed by atoms with Gasteiger partial charge in [0.15, 0.2) is 0 Å². The van der Waals surface area contributed by atoms with Crippen LogP contribution in [0.2, 0.25) is 0 Å². The third-order valence-electron chi connectivity index (χ3n) is 3.75. The molecule has 0 aliphatic heterocycles. The Morgan fingerprint density at radius 3 is 2.43 bits per heavy atom. The zero-order valence-electron chi connectivity index (χ0n) is 13.6. The first-order valence-electron chi connectivity index (χ1n) is 7.62. The van der Waals surface area contributed by atoms with Gasteiger partial charge in [-0.15, -0.1) is 0 Å². The van der Waals surface area contributed by atoms with Crippen molar-refractivity contribution in [2.75, 3.05) is 13.2 Å². The van der Waals surface area contributed by atoms with Gasteiger partial charge < -0.3 is 15.7 Å². The fraction of sp³-hybridized carbons (Fsp3) is 0.588. The van der Waals surface area contributed by atoms with E-state index in [1.807, 2.05) is 20.8 Å². The molecule has 0 aromatic heterocycles. The van der Waals surface area contributed by atoms with E-state index in [4.69, 9.17) is 5.11 Å². The van der Waals surface area contributed by atoms with Gasteiger partial charge in [0, 0.05) is 13.2 Å². The lowest BCUT2D eigenvalue weighted by molar-refractivity contribution is 0.200. The number of rotatable bonds is 7. The lowest BCUT2D eigenvalue weighted by atomic mass is 9.90. The van der Waals surface area contributed by atoms with Gasteiger partial charge in [0.25, 0.3) is 0 Å². The molecule has 4 heteroatoms. The molecule has 0 aliphatic rings. The van der Waals surface area contributed by atoms with Crippen LogP contribution >= 0.6 is 0 Å². The van der Waals surface area contributed by atoms with Gasteiger partial charge in [-0.25, -0.2) is 4.79 Å². The number of carbonyl (C=O) groups is 1. The number of carbonyl (C=O) groups excluding carboxylic acids is 1. The summed E-state index contributed by atoms with van der Waals surface area (Å²) in [6.07, 6.45) is 1.68. The molecule has 4 nitrogen and oxygen atoms in total. The number of aryl methyl sites for hydroxylation is 1. The Hall–Kier alpha value is -1.55. The Kier molecular flexibility index (Phi) is 6.69. The Bertz CT molecular complexity index is 441. The lowest BCUT2D eigenvalue weighted by Crippen LogP contribution is -2.41. The number of aliphatic hydroxyl groups is 1. The molecule has 3 N–H and O–H groups in total. The number of amides is 2. The number of nitrogens with one attached hydrogen (secondary N) is 2. The van der Waals surface area contributed by atoms with Crippen molar-refractivity contribution < 1.29 is 9.90 Å². The van der Waals surface area contributed by atoms with Crippen LogP contribution in [0.15, 0.2) is 24.3 Å². The molecule has 0 heterocycles. The van der Waals surface area contributed by atoms with Crippen molar-refractivity contribution in [1.29, 1.82) is 0 Å². The molecule has 0 saturated carbocycles. The first-order valence-corrected chi connectivity index (χ1v) is 7.62. The summed E-state index contributed by atoms with van der Waals surface area (Å²) in [5.74, 6) is 0. The molecular weight excluding hydrogens is 264 g/mol. The quantitative estimate of drug-likeness (QED) is 0.723. The second-order valence-corrected chi connectivity index (χ2v) is 6.28. The van der Waals surface area contributed by atoms with Crippen LogP contribution in [0.4, 0.5) is 4.79 Å². The second kappa shape index (κ2) is 8.03. The zero-order valence-corrected chi connectivity index (χ0v) is 13.6. The molecule has 1 unspecified atom stereocenters. The zero-order chi connectivity index (χ0) is 15.9. The normalized spacial score (nSPS) is 12.8. The van der Waals surface area contributed by atoms with E-state index in [2.05, 4.69) is 41.8 Å². The standard InChI is InChI=1S/C17H28N2O2/c1-5-14-6-8-15(9-7-14)13(2)19-16(21)18-12-17(3,4)10-11-20/h6-9,13,20H,5,10-12H2,1-4H3,(H2,18,19,21). The summed E-state index contributed by atoms with van der Waals surface area (Å²) in [6, 6.07) is 8.09. The average Bonchev–Trinajstić information content (AvgIpc) is 2.45. The van der Waals surface area contributed by atoms with E-state index in [0.717, 1.165) is 12.0 Å². The van der Waals surface area contributed by atoms with Gasteiger partial charge in [-0.05, 0) is 36.3 Å². The van der Waals surface area contributed by atoms with Gasteiger partial charge in [-0.1, -0.05) is 45.0 Å². The van der Waals surface area contributed by atoms with Crippen LogP contribution in [-0.4, -0.2) is 24.3 Å². The van der Waals surface area contributed by atoms with Gasteiger partial charge in [-0.3, -0.25) is 0 Å². The summed E-state index contributed by atoms with van der Waals surface area (Å²) < 4.78 is 0. The highest BCUT2D eigenvalue weighted by atomic mass is 16.3. The van der Waals surface area contributed by atoms with Crippen LogP contribution in [0.3, 0.4) is 0 Å². The van der Waals surface area contributed by atoms with E-state index in [-0.39, 0.29) is 24.1 Å². The molecule has 0 fully saturated rings. The maximum Gasteiger partial charge on any atom is 0.315 e. The van der Waals surface area contributed by atoms with E-state index in [9.17, 15) is 4.79 Å². The van der Waals surface area contributed by atoms with E-state index >= 15 is 0 Å². The molecule has 0 spiro atoms. The molecule has 1 rings (SSSR count). The molecule has 21 heavy (non-hydrogen) atoms. The predicted octanol–water partition coefficient (Wildman–Crippen LogP) is 3.02. The van der Waals surface area contributed by atoms with E-state index < -0.39 is 0 Å². The van der Waals surface area contributed by atoms with Crippen molar-refractivity contribution in [3.8, 4) is 0 Å². The number of hydrogen-bond acceptors (Lipinski definition) is 2. The molecule has 2 amide bonds. The third-order valence-corrected chi connectivity index (χ3v) is 3.75. The monoisotopic (exact) mass is 292 g/mol. The van der Waals surface area contributed by atoms with E-state index in [0.29, 0.717) is 13.0 Å². The number of aliphatic hydroxyl groups excluding tert-OH is 1. The Morgan fingerprint density at radius 1 is 1.29 bits per heavy atom. The summed E-state index contributed by atoms with van der Waals surface area (Å²) in [6.45, 7) is 8.82. The minimum atomic E-state index is -0.173. The molecule has 0 radical (unpaired) electrons. The summed E-state index contributed by atoms with van der Waals surface area (Å²) in [5, 5.41) is 14.8. The van der Waals surface area contributed by atoms with Crippen molar-refractivity contribution in [2.24, 2.45) is 5.41 Å². The second-order valence-electron chi connectivity index (χ2n) is 6.28. The van der Waals surface area contributed by atoms with Gasteiger partial charge in [0.05, 0.1) is 6.04 Å². The van der Waals surface area contributed by atoms with Crippen molar-refractivity contribution in [3.63, 3.8) is 0 Å². The van der Waals surface area contributed by atoms with E-state index in [1.54, 1.807) is 0 Å². The first kappa shape index (κ1) is 17.5. The van der Waals surface area contributed by atoms with Crippen LogP contribution in [-0.2, 0) is 6.42 Å². The highest BCUT2D eigenvalue weighted by Gasteiger charge is 2.18. The molecule has 0 saturated heterocycles. The lowest BCUT2D eigenvalue weighted by Gasteiger charge is -2.24. The smallest absolute Gasteiger partial charge is 0.315 e. The minimum Gasteiger partial charge on any atom is -0.396 e. The molecule has 118 valence electrons. The van der Waals surface area contributed by atoms with Crippen LogP contribution in [0.5, 0.6) is 0 Å². The van der Waals surface area contributed by atoms with Gasteiger partial charge in [-0.2, -0.15) is 0 Å². The van der Waals surface area contributed by atoms with Crippen LogP contribution < -0.4 is 10.6 Å². The van der Waals surface area contributed by atoms with E-state index in [1.165, 1.54) is 5.56 Å². The summed E-state index contributed by atoms with van der Waals surface area (Å²) in [4.78, 5) is 11.9. The fourth-order valence-electron chi connectivity index (χ4n) is 2.08. The third kappa shape index (κ3) is 6.17. The van der Waals surface area contributed by atoms with Crippen LogP contribution in [0, 0.1) is 5.41 Å². The minimum absolute atomic E-state index is 0.0307. The predicted molar refractivity (Wildman–Crippen MR) is 86.3 cm³/mol. The summed E-state index contributed by atoms with van der Waals surface area (Å²) >= 11 is 0. The van der Waals surface area contributed by atoms with Crippen LogP contribution in [0.25, 0.3) is 0 Å². The number of urea groups is 1. The molecule has 1 aromatic rings. The largest absolute Gasteiger partial charge is 0.396 e. The van der Waals surface area contributed by atoms with Crippen molar-refractivity contribution >= 4 is 6.03 Å². The van der Waals surface area contributed by atoms with Crippen molar-refractivity contribution in [1.82, 2.24) is 10.6 Å². The number of hydrogen-bond donors (Lipinski definition) is 3. The van der Waals surface area contributed by atoms with Crippen LogP contribution in [0.1, 0.15) is 51.3 Å².